The van der Waals surface area contributed by atoms with Gasteiger partial charge in [0.05, 0.1) is 12.8 Å². The molecule has 2 aliphatic heterocycles. The average Bonchev–Trinajstić information content (AvgIpc) is 3.12. The fourth-order valence-corrected chi connectivity index (χ4v) is 3.59. The molecule has 28 heavy (non-hydrogen) atoms. The predicted molar refractivity (Wildman–Crippen MR) is 109 cm³/mol. The molecule has 0 saturated carbocycles. The topological polar surface area (TPSA) is 62.8 Å². The molecule has 0 aliphatic carbocycles. The van der Waals surface area contributed by atoms with Gasteiger partial charge in [0.1, 0.15) is 11.4 Å². The first-order valence-corrected chi connectivity index (χ1v) is 9.51. The van der Waals surface area contributed by atoms with Crippen LogP contribution in [0.15, 0.2) is 54.6 Å². The lowest BCUT2D eigenvalue weighted by molar-refractivity contribution is -0.0634. The lowest BCUT2D eigenvalue weighted by Crippen LogP contribution is -2.48. The van der Waals surface area contributed by atoms with Crippen molar-refractivity contribution in [1.82, 2.24) is 10.4 Å². The minimum atomic E-state index is -0.354. The number of hydroxylamine groups is 1. The van der Waals surface area contributed by atoms with Gasteiger partial charge in [-0.1, -0.05) is 35.9 Å². The summed E-state index contributed by atoms with van der Waals surface area (Å²) in [5, 5.41) is 2.94. The summed E-state index contributed by atoms with van der Waals surface area (Å²) in [6.07, 6.45) is 3.66. The number of urea groups is 1. The number of nitrogens with one attached hydrogen (secondary N) is 2. The Morgan fingerprint density at radius 1 is 1.18 bits per heavy atom. The highest BCUT2D eigenvalue weighted by Crippen LogP contribution is 2.35. The standard InChI is InChI=1S/C22H25N3O3/c1-16-6-8-17(9-7-16)20-15-22(28-24-20)10-12-25(13-11-22)21(26)23-18-4-3-5-19(14-18)27-2/h3-9,14-15,24H,10-13H2,1-2H3,(H,23,26). The Bertz CT molecular complexity index is 884. The molecule has 2 amide bonds. The Morgan fingerprint density at radius 2 is 1.93 bits per heavy atom. The van der Waals surface area contributed by atoms with Crippen LogP contribution in [-0.2, 0) is 4.84 Å². The van der Waals surface area contributed by atoms with Gasteiger partial charge in [-0.2, -0.15) is 0 Å². The maximum absolute atomic E-state index is 12.6. The van der Waals surface area contributed by atoms with Gasteiger partial charge in [-0.15, -0.1) is 0 Å². The van der Waals surface area contributed by atoms with Crippen LogP contribution in [0.5, 0.6) is 5.75 Å². The number of anilines is 1. The summed E-state index contributed by atoms with van der Waals surface area (Å²) in [6, 6.07) is 15.6. The average molecular weight is 379 g/mol. The van der Waals surface area contributed by atoms with E-state index >= 15 is 0 Å². The number of amides is 2. The van der Waals surface area contributed by atoms with E-state index in [1.165, 1.54) is 5.56 Å². The van der Waals surface area contributed by atoms with Crippen molar-refractivity contribution >= 4 is 17.4 Å². The zero-order chi connectivity index (χ0) is 19.6. The Kier molecular flexibility index (Phi) is 4.96. The lowest BCUT2D eigenvalue weighted by atomic mass is 9.90. The van der Waals surface area contributed by atoms with Crippen molar-refractivity contribution in [3.05, 3.63) is 65.7 Å². The SMILES string of the molecule is COc1cccc(NC(=O)N2CCC3(C=C(c4ccc(C)cc4)NO3)CC2)c1. The summed E-state index contributed by atoms with van der Waals surface area (Å²) in [5.74, 6) is 0.717. The highest BCUT2D eigenvalue weighted by atomic mass is 16.7. The molecule has 2 N–H and O–H groups in total. The number of carbonyl (C=O) groups excluding carboxylic acids is 1. The first kappa shape index (κ1) is 18.4. The number of methoxy groups -OCH3 is 1. The molecule has 0 bridgehead atoms. The molecule has 0 radical (unpaired) electrons. The largest absolute Gasteiger partial charge is 0.497 e. The summed E-state index contributed by atoms with van der Waals surface area (Å²) in [6.45, 7) is 3.34. The number of aryl methyl sites for hydroxylation is 1. The summed E-state index contributed by atoms with van der Waals surface area (Å²) in [5.41, 5.74) is 6.79. The number of likely N-dealkylation sites (tertiary alicyclic amines) is 1. The molecular formula is C22H25N3O3. The van der Waals surface area contributed by atoms with E-state index in [4.69, 9.17) is 9.57 Å². The lowest BCUT2D eigenvalue weighted by Gasteiger charge is -2.36. The number of nitrogens with zero attached hydrogens (tertiary/aromatic N) is 1. The molecule has 4 rings (SSSR count). The zero-order valence-electron chi connectivity index (χ0n) is 16.2. The maximum Gasteiger partial charge on any atom is 0.321 e. The summed E-state index contributed by atoms with van der Waals surface area (Å²) in [7, 11) is 1.61. The third kappa shape index (κ3) is 3.82. The molecule has 1 fully saturated rings. The Balaban J connectivity index is 1.37. The van der Waals surface area contributed by atoms with Gasteiger partial charge in [-0.25, -0.2) is 4.79 Å². The number of ether oxygens (including phenoxy) is 1. The van der Waals surface area contributed by atoms with Gasteiger partial charge < -0.3 is 15.0 Å². The molecule has 1 saturated heterocycles. The number of hydrogen-bond acceptors (Lipinski definition) is 4. The third-order valence-electron chi connectivity index (χ3n) is 5.35. The molecule has 0 unspecified atom stereocenters. The van der Waals surface area contributed by atoms with E-state index in [9.17, 15) is 4.79 Å². The Hall–Kier alpha value is -2.99. The van der Waals surface area contributed by atoms with E-state index < -0.39 is 0 Å². The second kappa shape index (κ2) is 7.56. The molecule has 0 aromatic heterocycles. The van der Waals surface area contributed by atoms with Gasteiger partial charge in [0, 0.05) is 37.7 Å². The molecular weight excluding hydrogens is 354 g/mol. The number of carbonyl (C=O) groups is 1. The first-order valence-electron chi connectivity index (χ1n) is 9.51. The molecule has 6 nitrogen and oxygen atoms in total. The quantitative estimate of drug-likeness (QED) is 0.848. The minimum Gasteiger partial charge on any atom is -0.497 e. The highest BCUT2D eigenvalue weighted by molar-refractivity contribution is 5.89. The molecule has 6 heteroatoms. The second-order valence-corrected chi connectivity index (χ2v) is 7.34. The van der Waals surface area contributed by atoms with E-state index in [0.29, 0.717) is 13.1 Å². The van der Waals surface area contributed by atoms with Gasteiger partial charge in [-0.05, 0) is 30.7 Å². The first-order chi connectivity index (χ1) is 13.6. The van der Waals surface area contributed by atoms with Crippen molar-refractivity contribution < 1.29 is 14.4 Å². The maximum atomic E-state index is 12.6. The van der Waals surface area contributed by atoms with E-state index in [1.807, 2.05) is 29.2 Å². The third-order valence-corrected chi connectivity index (χ3v) is 5.35. The molecule has 2 aliphatic rings. The fraction of sp³-hybridized carbons (Fsp3) is 0.318. The van der Waals surface area contributed by atoms with Gasteiger partial charge in [0.15, 0.2) is 0 Å². The van der Waals surface area contributed by atoms with Crippen LogP contribution in [0.2, 0.25) is 0 Å². The second-order valence-electron chi connectivity index (χ2n) is 7.34. The monoisotopic (exact) mass is 379 g/mol. The number of benzene rings is 2. The van der Waals surface area contributed by atoms with Crippen LogP contribution in [0, 0.1) is 6.92 Å². The van der Waals surface area contributed by atoms with Gasteiger partial charge in [0.2, 0.25) is 0 Å². The zero-order valence-corrected chi connectivity index (χ0v) is 16.2. The smallest absolute Gasteiger partial charge is 0.321 e. The number of piperidine rings is 1. The molecule has 2 heterocycles. The van der Waals surface area contributed by atoms with Crippen LogP contribution < -0.4 is 15.5 Å². The van der Waals surface area contributed by atoms with Gasteiger partial charge in [0.25, 0.3) is 0 Å². The van der Waals surface area contributed by atoms with Gasteiger partial charge in [-0.3, -0.25) is 10.3 Å². The van der Waals surface area contributed by atoms with Gasteiger partial charge >= 0.3 is 6.03 Å². The molecule has 2 aromatic carbocycles. The fourth-order valence-electron chi connectivity index (χ4n) is 3.59. The molecule has 2 aromatic rings. The summed E-state index contributed by atoms with van der Waals surface area (Å²) in [4.78, 5) is 20.4. The van der Waals surface area contributed by atoms with Crippen molar-refractivity contribution in [3.63, 3.8) is 0 Å². The van der Waals surface area contributed by atoms with E-state index in [0.717, 1.165) is 35.5 Å². The van der Waals surface area contributed by atoms with Crippen LogP contribution in [0.4, 0.5) is 10.5 Å². The van der Waals surface area contributed by atoms with Crippen LogP contribution in [-0.4, -0.2) is 36.7 Å². The Labute approximate surface area is 165 Å². The predicted octanol–water partition coefficient (Wildman–Crippen LogP) is 3.95. The normalized spacial score (nSPS) is 17.8. The van der Waals surface area contributed by atoms with Crippen molar-refractivity contribution in [2.75, 3.05) is 25.5 Å². The van der Waals surface area contributed by atoms with Crippen LogP contribution >= 0.6 is 0 Å². The van der Waals surface area contributed by atoms with E-state index in [1.54, 1.807) is 7.11 Å². The Morgan fingerprint density at radius 3 is 2.64 bits per heavy atom. The molecule has 0 atom stereocenters. The summed E-state index contributed by atoms with van der Waals surface area (Å²) >= 11 is 0. The van der Waals surface area contributed by atoms with Crippen LogP contribution in [0.1, 0.15) is 24.0 Å². The number of rotatable bonds is 3. The van der Waals surface area contributed by atoms with Crippen molar-refractivity contribution in [3.8, 4) is 5.75 Å². The summed E-state index contributed by atoms with van der Waals surface area (Å²) < 4.78 is 5.20. The van der Waals surface area contributed by atoms with Crippen molar-refractivity contribution in [2.45, 2.75) is 25.4 Å². The molecule has 146 valence electrons. The van der Waals surface area contributed by atoms with E-state index in [-0.39, 0.29) is 11.6 Å². The van der Waals surface area contributed by atoms with Crippen molar-refractivity contribution in [1.29, 1.82) is 0 Å². The highest BCUT2D eigenvalue weighted by Gasteiger charge is 2.39. The van der Waals surface area contributed by atoms with E-state index in [2.05, 4.69) is 48.1 Å². The van der Waals surface area contributed by atoms with Crippen LogP contribution in [0.3, 0.4) is 0 Å². The van der Waals surface area contributed by atoms with Crippen molar-refractivity contribution in [2.24, 2.45) is 0 Å². The number of hydrogen-bond donors (Lipinski definition) is 2. The molecule has 1 spiro atoms. The van der Waals surface area contributed by atoms with Crippen LogP contribution in [0.25, 0.3) is 5.70 Å². The minimum absolute atomic E-state index is 0.100.